The minimum absolute atomic E-state index is 0.524. The van der Waals surface area contributed by atoms with E-state index in [1.165, 1.54) is 0 Å². The molecular weight excluding hydrogens is 118 g/mol. The molecule has 2 N–H and O–H groups in total. The highest BCUT2D eigenvalue weighted by Crippen LogP contribution is 1.87. The average Bonchev–Trinajstić information content (AvgIpc) is 1.93. The number of hydrogen-bond acceptors (Lipinski definition) is 4. The largest absolute Gasteiger partial charge is 0.349 e. The van der Waals surface area contributed by atoms with E-state index in [0.29, 0.717) is 13.5 Å². The molecule has 0 aliphatic carbocycles. The Balaban J connectivity index is 2.37. The first-order valence-corrected chi connectivity index (χ1v) is 2.77. The molecule has 1 saturated heterocycles. The highest BCUT2D eigenvalue weighted by Gasteiger charge is 2.02. The zero-order chi connectivity index (χ0) is 6.69. The van der Waals surface area contributed by atoms with Gasteiger partial charge >= 0.3 is 0 Å². The number of nitrogens with zero attached hydrogens (tertiary/aromatic N) is 1. The Hall–Kier alpha value is -0.740. The average molecular weight is 129 g/mol. The summed E-state index contributed by atoms with van der Waals surface area (Å²) in [6.07, 6.45) is 0. The van der Waals surface area contributed by atoms with E-state index in [1.807, 2.05) is 12.1 Å². The van der Waals surface area contributed by atoms with Crippen molar-refractivity contribution >= 4 is 0 Å². The Kier molecular flexibility index (Phi) is 1.92. The maximum absolute atomic E-state index is 5.07. The summed E-state index contributed by atoms with van der Waals surface area (Å²) in [5, 5.41) is 4.71. The molecule has 1 aliphatic rings. The molecule has 0 spiro atoms. The van der Waals surface area contributed by atoms with E-state index in [9.17, 15) is 0 Å². The lowest BCUT2D eigenvalue weighted by Gasteiger charge is -2.13. The molecule has 9 heavy (non-hydrogen) atoms. The normalized spacial score (nSPS) is 22.1. The highest BCUT2D eigenvalue weighted by atomic mass is 16.5. The van der Waals surface area contributed by atoms with Gasteiger partial charge in [-0.15, -0.1) is 0 Å². The summed E-state index contributed by atoms with van der Waals surface area (Å²) in [6.45, 7) is 4.78. The van der Waals surface area contributed by atoms with Crippen LogP contribution in [0.3, 0.4) is 0 Å². The molecule has 0 bridgehead atoms. The van der Waals surface area contributed by atoms with Crippen molar-refractivity contribution in [3.8, 4) is 0 Å². The van der Waals surface area contributed by atoms with Crippen molar-refractivity contribution in [3.63, 3.8) is 0 Å². The molecule has 0 amide bonds. The summed E-state index contributed by atoms with van der Waals surface area (Å²) in [4.78, 5) is 0. The van der Waals surface area contributed by atoms with Crippen LogP contribution in [-0.4, -0.2) is 25.5 Å². The standard InChI is InChI=1S/C5H11N3O/c1-5-6-3-9-4-8(2)7-5/h6-7H,1,3-4H2,2H3. The lowest BCUT2D eigenvalue weighted by molar-refractivity contribution is 0.0399. The van der Waals surface area contributed by atoms with Crippen molar-refractivity contribution in [2.45, 2.75) is 0 Å². The predicted octanol–water partition coefficient (Wildman–Crippen LogP) is -0.571. The Labute approximate surface area is 54.4 Å². The maximum Gasteiger partial charge on any atom is 0.119 e. The Morgan fingerprint density at radius 3 is 3.33 bits per heavy atom. The van der Waals surface area contributed by atoms with Crippen LogP contribution < -0.4 is 10.7 Å². The van der Waals surface area contributed by atoms with E-state index < -0.39 is 0 Å². The van der Waals surface area contributed by atoms with E-state index in [0.717, 1.165) is 5.82 Å². The van der Waals surface area contributed by atoms with Gasteiger partial charge in [0.15, 0.2) is 0 Å². The minimum atomic E-state index is 0.524. The topological polar surface area (TPSA) is 36.5 Å². The van der Waals surface area contributed by atoms with Gasteiger partial charge in [0.05, 0.1) is 0 Å². The van der Waals surface area contributed by atoms with Gasteiger partial charge in [-0.05, 0) is 0 Å². The van der Waals surface area contributed by atoms with Crippen molar-refractivity contribution in [2.75, 3.05) is 20.5 Å². The first kappa shape index (κ1) is 6.38. The lowest BCUT2D eigenvalue weighted by atomic mass is 10.8. The number of nitrogens with one attached hydrogen (secondary N) is 2. The zero-order valence-corrected chi connectivity index (χ0v) is 5.48. The predicted molar refractivity (Wildman–Crippen MR) is 34.0 cm³/mol. The van der Waals surface area contributed by atoms with Gasteiger partial charge in [0, 0.05) is 7.05 Å². The van der Waals surface area contributed by atoms with Gasteiger partial charge in [-0.1, -0.05) is 6.58 Å². The molecule has 4 nitrogen and oxygen atoms in total. The van der Waals surface area contributed by atoms with Crippen LogP contribution in [0.5, 0.6) is 0 Å². The van der Waals surface area contributed by atoms with E-state index >= 15 is 0 Å². The van der Waals surface area contributed by atoms with Crippen LogP contribution in [0.2, 0.25) is 0 Å². The number of rotatable bonds is 0. The molecule has 0 aromatic heterocycles. The van der Waals surface area contributed by atoms with E-state index in [-0.39, 0.29) is 0 Å². The summed E-state index contributed by atoms with van der Waals surface area (Å²) in [7, 11) is 1.89. The Morgan fingerprint density at radius 2 is 2.56 bits per heavy atom. The summed E-state index contributed by atoms with van der Waals surface area (Å²) < 4.78 is 5.07. The molecule has 4 heteroatoms. The van der Waals surface area contributed by atoms with Crippen molar-refractivity contribution in [2.24, 2.45) is 0 Å². The second-order valence-corrected chi connectivity index (χ2v) is 1.94. The minimum Gasteiger partial charge on any atom is -0.349 e. The van der Waals surface area contributed by atoms with Crippen molar-refractivity contribution in [1.82, 2.24) is 15.8 Å². The Bertz CT molecular complexity index is 115. The van der Waals surface area contributed by atoms with Gasteiger partial charge < -0.3 is 15.5 Å². The molecule has 0 aromatic rings. The van der Waals surface area contributed by atoms with Gasteiger partial charge in [0.1, 0.15) is 19.3 Å². The molecule has 1 rings (SSSR count). The third-order valence-electron chi connectivity index (χ3n) is 0.998. The fourth-order valence-corrected chi connectivity index (χ4v) is 0.623. The molecule has 1 fully saturated rings. The molecule has 0 unspecified atom stereocenters. The van der Waals surface area contributed by atoms with Crippen molar-refractivity contribution in [3.05, 3.63) is 12.4 Å². The van der Waals surface area contributed by atoms with Crippen LogP contribution in [-0.2, 0) is 4.74 Å². The van der Waals surface area contributed by atoms with Gasteiger partial charge in [-0.3, -0.25) is 0 Å². The second-order valence-electron chi connectivity index (χ2n) is 1.94. The SMILES string of the molecule is C=C1NCOCN(C)N1. The molecular formula is C5H11N3O. The van der Waals surface area contributed by atoms with Gasteiger partial charge in [-0.2, -0.15) is 5.01 Å². The zero-order valence-electron chi connectivity index (χ0n) is 5.48. The molecule has 0 radical (unpaired) electrons. The van der Waals surface area contributed by atoms with Crippen LogP contribution in [0.4, 0.5) is 0 Å². The fourth-order valence-electron chi connectivity index (χ4n) is 0.623. The summed E-state index contributed by atoms with van der Waals surface area (Å²) in [5.41, 5.74) is 2.94. The number of ether oxygens (including phenoxy) is 1. The quantitative estimate of drug-likeness (QED) is 0.459. The van der Waals surface area contributed by atoms with E-state index in [4.69, 9.17) is 4.74 Å². The second kappa shape index (κ2) is 2.70. The third kappa shape index (κ3) is 1.91. The molecule has 0 atom stereocenters. The third-order valence-corrected chi connectivity index (χ3v) is 0.998. The highest BCUT2D eigenvalue weighted by molar-refractivity contribution is 4.85. The summed E-state index contributed by atoms with van der Waals surface area (Å²) >= 11 is 0. The van der Waals surface area contributed by atoms with Crippen LogP contribution in [0.1, 0.15) is 0 Å². The monoisotopic (exact) mass is 129 g/mol. The molecule has 1 aliphatic heterocycles. The summed E-state index contributed by atoms with van der Waals surface area (Å²) in [6, 6.07) is 0. The summed E-state index contributed by atoms with van der Waals surface area (Å²) in [5.74, 6) is 0.773. The molecule has 0 saturated carbocycles. The van der Waals surface area contributed by atoms with Gasteiger partial charge in [-0.25, -0.2) is 0 Å². The first-order valence-electron chi connectivity index (χ1n) is 2.77. The van der Waals surface area contributed by atoms with Crippen LogP contribution in [0.15, 0.2) is 12.4 Å². The number of hydrazine groups is 1. The fraction of sp³-hybridized carbons (Fsp3) is 0.600. The van der Waals surface area contributed by atoms with Gasteiger partial charge in [0.25, 0.3) is 0 Å². The first-order chi connectivity index (χ1) is 4.29. The smallest absolute Gasteiger partial charge is 0.119 e. The van der Waals surface area contributed by atoms with Crippen molar-refractivity contribution < 1.29 is 4.74 Å². The molecule has 0 aromatic carbocycles. The Morgan fingerprint density at radius 1 is 1.78 bits per heavy atom. The van der Waals surface area contributed by atoms with Crippen molar-refractivity contribution in [1.29, 1.82) is 0 Å². The van der Waals surface area contributed by atoms with E-state index in [1.54, 1.807) is 0 Å². The van der Waals surface area contributed by atoms with Gasteiger partial charge in [0.2, 0.25) is 0 Å². The maximum atomic E-state index is 5.07. The molecule has 52 valence electrons. The van der Waals surface area contributed by atoms with E-state index in [2.05, 4.69) is 17.3 Å². The lowest BCUT2D eigenvalue weighted by Crippen LogP contribution is -2.34. The number of hydrogen-bond donors (Lipinski definition) is 2. The van der Waals surface area contributed by atoms with Crippen LogP contribution >= 0.6 is 0 Å². The van der Waals surface area contributed by atoms with Crippen LogP contribution in [0, 0.1) is 0 Å². The van der Waals surface area contributed by atoms with Crippen LogP contribution in [0.25, 0.3) is 0 Å². The molecule has 1 heterocycles.